The summed E-state index contributed by atoms with van der Waals surface area (Å²) in [6.45, 7) is -0.875. The Bertz CT molecular complexity index is 425. The molecule has 1 saturated carbocycles. The van der Waals surface area contributed by atoms with E-state index in [1.807, 2.05) is 0 Å². The van der Waals surface area contributed by atoms with E-state index in [1.54, 1.807) is 0 Å². The Morgan fingerprint density at radius 1 is 1.20 bits per heavy atom. The van der Waals surface area contributed by atoms with Gasteiger partial charge in [0.15, 0.2) is 10.1 Å². The molecule has 0 radical (unpaired) electrons. The average molecular weight is 323 g/mol. The highest BCUT2D eigenvalue weighted by Crippen LogP contribution is 2.40. The van der Waals surface area contributed by atoms with E-state index in [2.05, 4.69) is 0 Å². The number of hydrogen-bond acceptors (Lipinski definition) is 5. The number of halogens is 4. The third kappa shape index (κ3) is 3.80. The van der Waals surface area contributed by atoms with Gasteiger partial charge in [-0.3, -0.25) is 0 Å². The number of aliphatic hydroxyl groups excluding tert-OH is 1. The van der Waals surface area contributed by atoms with Gasteiger partial charge in [0.2, 0.25) is 0 Å². The molecular formula is C10H15F4O5S-. The maximum Gasteiger partial charge on any atom is 0.396 e. The first-order valence-electron chi connectivity index (χ1n) is 6.00. The van der Waals surface area contributed by atoms with Crippen molar-refractivity contribution in [2.45, 2.75) is 55.5 Å². The first-order chi connectivity index (χ1) is 8.99. The molecule has 0 spiro atoms. The maximum atomic E-state index is 13.1. The van der Waals surface area contributed by atoms with Crippen LogP contribution >= 0.6 is 0 Å². The van der Waals surface area contributed by atoms with Gasteiger partial charge in [0, 0.05) is 6.42 Å². The second-order valence-corrected chi connectivity index (χ2v) is 6.11. The molecule has 120 valence electrons. The molecule has 20 heavy (non-hydrogen) atoms. The van der Waals surface area contributed by atoms with Crippen molar-refractivity contribution in [2.75, 3.05) is 6.61 Å². The molecule has 0 aliphatic heterocycles. The van der Waals surface area contributed by atoms with Crippen LogP contribution < -0.4 is 0 Å². The molecule has 0 saturated heterocycles. The van der Waals surface area contributed by atoms with E-state index < -0.39 is 46.5 Å². The highest BCUT2D eigenvalue weighted by Gasteiger charge is 2.61. The van der Waals surface area contributed by atoms with Crippen molar-refractivity contribution in [1.82, 2.24) is 0 Å². The quantitative estimate of drug-likeness (QED) is 0.591. The largest absolute Gasteiger partial charge is 0.743 e. The van der Waals surface area contributed by atoms with E-state index in [9.17, 15) is 35.6 Å². The fourth-order valence-electron chi connectivity index (χ4n) is 1.94. The Hall–Kier alpha value is -0.450. The molecule has 2 unspecified atom stereocenters. The second kappa shape index (κ2) is 6.12. The predicted molar refractivity (Wildman–Crippen MR) is 58.4 cm³/mol. The summed E-state index contributed by atoms with van der Waals surface area (Å²) in [5.41, 5.74) is 0. The van der Waals surface area contributed by atoms with Crippen molar-refractivity contribution < 1.29 is 40.4 Å². The molecule has 0 heterocycles. The molecule has 1 rings (SSSR count). The molecule has 1 aliphatic rings. The lowest BCUT2D eigenvalue weighted by Gasteiger charge is -2.30. The summed E-state index contributed by atoms with van der Waals surface area (Å²) in [5, 5.41) is 3.79. The van der Waals surface area contributed by atoms with Crippen LogP contribution in [0, 0.1) is 0 Å². The number of ether oxygens (including phenoxy) is 1. The summed E-state index contributed by atoms with van der Waals surface area (Å²) in [6, 6.07) is 0. The van der Waals surface area contributed by atoms with E-state index >= 15 is 0 Å². The minimum absolute atomic E-state index is 0.406. The zero-order valence-corrected chi connectivity index (χ0v) is 11.2. The van der Waals surface area contributed by atoms with Gasteiger partial charge < -0.3 is 14.4 Å². The normalized spacial score (nSPS) is 25.7. The van der Waals surface area contributed by atoms with Gasteiger partial charge in [-0.25, -0.2) is 8.42 Å². The van der Waals surface area contributed by atoms with E-state index in [-0.39, 0.29) is 0 Å². The molecule has 5 nitrogen and oxygen atoms in total. The van der Waals surface area contributed by atoms with Gasteiger partial charge in [0.05, 0.1) is 18.8 Å². The molecular weight excluding hydrogens is 308 g/mol. The van der Waals surface area contributed by atoms with Gasteiger partial charge in [-0.15, -0.1) is 0 Å². The Labute approximate surface area is 113 Å². The number of aliphatic hydroxyl groups is 1. The first-order valence-corrected chi connectivity index (χ1v) is 7.40. The van der Waals surface area contributed by atoms with Crippen LogP contribution in [0.15, 0.2) is 0 Å². The molecule has 0 aromatic carbocycles. The van der Waals surface area contributed by atoms with Crippen LogP contribution in [-0.4, -0.2) is 48.1 Å². The lowest BCUT2D eigenvalue weighted by atomic mass is 9.95. The highest BCUT2D eigenvalue weighted by atomic mass is 32.2. The van der Waals surface area contributed by atoms with E-state index in [1.165, 1.54) is 0 Å². The summed E-state index contributed by atoms with van der Waals surface area (Å²) in [6.07, 6.45) is -0.926. The summed E-state index contributed by atoms with van der Waals surface area (Å²) >= 11 is 0. The average Bonchev–Trinajstić information content (AvgIpc) is 2.29. The van der Waals surface area contributed by atoms with Gasteiger partial charge in [0.1, 0.15) is 0 Å². The van der Waals surface area contributed by atoms with Crippen molar-refractivity contribution in [1.29, 1.82) is 0 Å². The zero-order chi connectivity index (χ0) is 15.6. The fourth-order valence-corrected chi connectivity index (χ4v) is 2.41. The molecule has 1 N–H and O–H groups in total. The zero-order valence-electron chi connectivity index (χ0n) is 10.4. The minimum Gasteiger partial charge on any atom is -0.743 e. The molecule has 0 aromatic rings. The third-order valence-electron chi connectivity index (χ3n) is 3.16. The Morgan fingerprint density at radius 3 is 2.25 bits per heavy atom. The Morgan fingerprint density at radius 2 is 1.75 bits per heavy atom. The van der Waals surface area contributed by atoms with Gasteiger partial charge >= 0.3 is 11.2 Å². The van der Waals surface area contributed by atoms with Crippen LogP contribution in [0.3, 0.4) is 0 Å². The summed E-state index contributed by atoms with van der Waals surface area (Å²) < 4.78 is 87.1. The van der Waals surface area contributed by atoms with Crippen LogP contribution in [0.5, 0.6) is 0 Å². The van der Waals surface area contributed by atoms with E-state index in [0.717, 1.165) is 6.42 Å². The molecule has 1 fully saturated rings. The molecule has 2 atom stereocenters. The lowest BCUT2D eigenvalue weighted by Crippen LogP contribution is -2.47. The smallest absolute Gasteiger partial charge is 0.396 e. The predicted octanol–water partition coefficient (Wildman–Crippen LogP) is 1.47. The topological polar surface area (TPSA) is 86.7 Å². The summed E-state index contributed by atoms with van der Waals surface area (Å²) in [4.78, 5) is 0. The van der Waals surface area contributed by atoms with Gasteiger partial charge in [-0.2, -0.15) is 17.6 Å². The number of rotatable bonds is 6. The SMILES string of the molecule is O=S(=O)([O-])C(F)(F)C(F)(F)CCOC1CCCCC1O. The van der Waals surface area contributed by atoms with Crippen LogP contribution in [-0.2, 0) is 14.9 Å². The van der Waals surface area contributed by atoms with Gasteiger partial charge in [0.25, 0.3) is 0 Å². The van der Waals surface area contributed by atoms with Crippen molar-refractivity contribution in [3.05, 3.63) is 0 Å². The second-order valence-electron chi connectivity index (χ2n) is 4.69. The van der Waals surface area contributed by atoms with Crippen molar-refractivity contribution in [2.24, 2.45) is 0 Å². The Kier molecular flexibility index (Phi) is 5.39. The van der Waals surface area contributed by atoms with Crippen LogP contribution in [0.1, 0.15) is 32.1 Å². The number of hydrogen-bond donors (Lipinski definition) is 1. The summed E-state index contributed by atoms with van der Waals surface area (Å²) in [7, 11) is -6.46. The first kappa shape index (κ1) is 17.6. The highest BCUT2D eigenvalue weighted by molar-refractivity contribution is 7.86. The monoisotopic (exact) mass is 323 g/mol. The van der Waals surface area contributed by atoms with Crippen LogP contribution in [0.25, 0.3) is 0 Å². The molecule has 0 aromatic heterocycles. The fraction of sp³-hybridized carbons (Fsp3) is 1.00. The standard InChI is InChI=1S/C10H16F4O5S/c11-9(12,10(13,14)20(16,17)18)5-6-19-8-4-2-1-3-7(8)15/h7-8,15H,1-6H2,(H,16,17,18)/p-1. The Balaban J connectivity index is 2.55. The lowest BCUT2D eigenvalue weighted by molar-refractivity contribution is -0.177. The van der Waals surface area contributed by atoms with E-state index in [4.69, 9.17) is 4.74 Å². The van der Waals surface area contributed by atoms with E-state index in [0.29, 0.717) is 19.3 Å². The third-order valence-corrected chi connectivity index (χ3v) is 4.08. The molecule has 0 bridgehead atoms. The van der Waals surface area contributed by atoms with Crippen molar-refractivity contribution in [3.63, 3.8) is 0 Å². The minimum atomic E-state index is -6.46. The van der Waals surface area contributed by atoms with Crippen LogP contribution in [0.4, 0.5) is 17.6 Å². The van der Waals surface area contributed by atoms with Crippen molar-refractivity contribution >= 4 is 10.1 Å². The molecule has 0 amide bonds. The summed E-state index contributed by atoms with van der Waals surface area (Å²) in [5.74, 6) is -5.02. The van der Waals surface area contributed by atoms with Gasteiger partial charge in [-0.05, 0) is 12.8 Å². The molecule has 10 heteroatoms. The number of alkyl halides is 4. The van der Waals surface area contributed by atoms with Crippen molar-refractivity contribution in [3.8, 4) is 0 Å². The molecule has 1 aliphatic carbocycles. The van der Waals surface area contributed by atoms with Gasteiger partial charge in [-0.1, -0.05) is 12.8 Å². The maximum absolute atomic E-state index is 13.1. The van der Waals surface area contributed by atoms with Crippen LogP contribution in [0.2, 0.25) is 0 Å².